The van der Waals surface area contributed by atoms with E-state index in [9.17, 15) is 8.42 Å². The molecule has 0 spiro atoms. The molecule has 0 fully saturated rings. The molecule has 0 aliphatic rings. The molecule has 1 rings (SSSR count). The Morgan fingerprint density at radius 3 is 2.76 bits per heavy atom. The lowest BCUT2D eigenvalue weighted by Gasteiger charge is -2.08. The maximum absolute atomic E-state index is 11.8. The van der Waals surface area contributed by atoms with Crippen LogP contribution in [-0.2, 0) is 9.84 Å². The van der Waals surface area contributed by atoms with Crippen LogP contribution in [0.15, 0.2) is 4.90 Å². The second kappa shape index (κ2) is 5.65. The van der Waals surface area contributed by atoms with E-state index in [0.717, 1.165) is 11.5 Å². The Balaban J connectivity index is 2.88. The maximum atomic E-state index is 11.8. The lowest BCUT2D eigenvalue weighted by molar-refractivity contribution is 0.189. The van der Waals surface area contributed by atoms with Crippen molar-refractivity contribution >= 4 is 32.2 Å². The lowest BCUT2D eigenvalue weighted by atomic mass is 10.3. The highest BCUT2D eigenvalue weighted by atomic mass is 32.2. The predicted octanol–water partition coefficient (Wildman–Crippen LogP) is 0.702. The van der Waals surface area contributed by atoms with Crippen LogP contribution >= 0.6 is 11.5 Å². The minimum atomic E-state index is -3.37. The van der Waals surface area contributed by atoms with Gasteiger partial charge >= 0.3 is 0 Å². The number of aromatic nitrogens is 1. The van der Waals surface area contributed by atoms with Crippen LogP contribution in [-0.4, -0.2) is 36.3 Å². The summed E-state index contributed by atoms with van der Waals surface area (Å²) in [6, 6.07) is 0. The molecule has 1 unspecified atom stereocenters. The predicted molar refractivity (Wildman–Crippen MR) is 69.0 cm³/mol. The molecule has 1 heterocycles. The van der Waals surface area contributed by atoms with E-state index in [4.69, 9.17) is 10.8 Å². The van der Waals surface area contributed by atoms with Gasteiger partial charge in [0.05, 0.1) is 11.9 Å². The Labute approximate surface area is 105 Å². The van der Waals surface area contributed by atoms with E-state index < -0.39 is 15.9 Å². The van der Waals surface area contributed by atoms with Gasteiger partial charge in [0.25, 0.3) is 0 Å². The number of anilines is 2. The third-order valence-electron chi connectivity index (χ3n) is 2.21. The van der Waals surface area contributed by atoms with Gasteiger partial charge in [-0.2, -0.15) is 4.37 Å². The van der Waals surface area contributed by atoms with E-state index in [0.29, 0.717) is 18.0 Å². The van der Waals surface area contributed by atoms with Gasteiger partial charge in [-0.15, -0.1) is 0 Å². The van der Waals surface area contributed by atoms with Crippen molar-refractivity contribution in [2.45, 2.75) is 31.3 Å². The zero-order valence-electron chi connectivity index (χ0n) is 9.80. The highest BCUT2D eigenvalue weighted by molar-refractivity contribution is 7.91. The molecule has 0 aliphatic heterocycles. The summed E-state index contributed by atoms with van der Waals surface area (Å²) in [6.07, 6.45) is 0.0997. The third kappa shape index (κ3) is 3.55. The molecular weight excluding hydrogens is 262 g/mol. The summed E-state index contributed by atoms with van der Waals surface area (Å²) in [5.41, 5.74) is 5.57. The first-order valence-electron chi connectivity index (χ1n) is 5.28. The van der Waals surface area contributed by atoms with Crippen LogP contribution in [0, 0.1) is 0 Å². The lowest BCUT2D eigenvalue weighted by Crippen LogP contribution is -2.12. The van der Waals surface area contributed by atoms with Gasteiger partial charge in [0.15, 0.2) is 15.7 Å². The van der Waals surface area contributed by atoms with E-state index in [1.54, 1.807) is 13.8 Å². The second-order valence-corrected chi connectivity index (χ2v) is 6.68. The summed E-state index contributed by atoms with van der Waals surface area (Å²) < 4.78 is 27.4. The molecule has 0 amide bonds. The normalized spacial score (nSPS) is 13.6. The Hall–Kier alpha value is -0.860. The monoisotopic (exact) mass is 279 g/mol. The van der Waals surface area contributed by atoms with Crippen LogP contribution in [0.25, 0.3) is 0 Å². The zero-order valence-corrected chi connectivity index (χ0v) is 11.4. The number of nitrogens with one attached hydrogen (secondary N) is 1. The van der Waals surface area contributed by atoms with Gasteiger partial charge < -0.3 is 16.2 Å². The first-order valence-corrected chi connectivity index (χ1v) is 7.71. The van der Waals surface area contributed by atoms with Gasteiger partial charge in [0.1, 0.15) is 9.90 Å². The van der Waals surface area contributed by atoms with Crippen molar-refractivity contribution in [1.29, 1.82) is 0 Å². The fraction of sp³-hybridized carbons (Fsp3) is 0.667. The van der Waals surface area contributed by atoms with Crippen LogP contribution in [0.1, 0.15) is 20.3 Å². The number of aliphatic hydroxyl groups is 1. The smallest absolute Gasteiger partial charge is 0.184 e. The zero-order chi connectivity index (χ0) is 13.1. The van der Waals surface area contributed by atoms with Crippen molar-refractivity contribution in [1.82, 2.24) is 4.37 Å². The van der Waals surface area contributed by atoms with Crippen molar-refractivity contribution in [3.05, 3.63) is 0 Å². The molecular formula is C9H17N3O3S2. The Bertz CT molecular complexity index is 468. The summed E-state index contributed by atoms with van der Waals surface area (Å²) in [6.45, 7) is 3.71. The van der Waals surface area contributed by atoms with Gasteiger partial charge in [-0.1, -0.05) is 6.92 Å². The summed E-state index contributed by atoms with van der Waals surface area (Å²) in [5, 5.41) is 12.5. The Kier molecular flexibility index (Phi) is 4.72. The minimum Gasteiger partial charge on any atom is -0.393 e. The van der Waals surface area contributed by atoms with E-state index >= 15 is 0 Å². The number of nitrogen functional groups attached to an aromatic ring is 1. The summed E-state index contributed by atoms with van der Waals surface area (Å²) in [5.74, 6) is 0.0251. The number of rotatable bonds is 6. The fourth-order valence-corrected chi connectivity index (χ4v) is 3.44. The molecule has 0 aromatic carbocycles. The van der Waals surface area contributed by atoms with Gasteiger partial charge in [-0.25, -0.2) is 8.42 Å². The van der Waals surface area contributed by atoms with Crippen molar-refractivity contribution in [2.24, 2.45) is 0 Å². The molecule has 0 aliphatic carbocycles. The Morgan fingerprint density at radius 2 is 2.24 bits per heavy atom. The summed E-state index contributed by atoms with van der Waals surface area (Å²) in [4.78, 5) is 0.0793. The number of aliphatic hydroxyl groups excluding tert-OH is 1. The SMILES string of the molecule is CCS(=O)(=O)c1c(N)nsc1NCCC(C)O. The first kappa shape index (κ1) is 14.2. The van der Waals surface area contributed by atoms with Gasteiger partial charge in [0.2, 0.25) is 0 Å². The number of nitrogens with zero attached hydrogens (tertiary/aromatic N) is 1. The second-order valence-electron chi connectivity index (χ2n) is 3.69. The molecule has 8 heteroatoms. The van der Waals surface area contributed by atoms with E-state index in [-0.39, 0.29) is 16.5 Å². The molecule has 4 N–H and O–H groups in total. The van der Waals surface area contributed by atoms with E-state index in [1.165, 1.54) is 0 Å². The van der Waals surface area contributed by atoms with Crippen LogP contribution in [0.4, 0.5) is 10.8 Å². The first-order chi connectivity index (χ1) is 7.88. The van der Waals surface area contributed by atoms with Crippen LogP contribution in [0.2, 0.25) is 0 Å². The highest BCUT2D eigenvalue weighted by Crippen LogP contribution is 2.32. The molecule has 17 heavy (non-hydrogen) atoms. The van der Waals surface area contributed by atoms with Gasteiger partial charge in [-0.3, -0.25) is 0 Å². The Morgan fingerprint density at radius 1 is 1.59 bits per heavy atom. The molecule has 1 aromatic heterocycles. The molecule has 0 radical (unpaired) electrons. The largest absolute Gasteiger partial charge is 0.393 e. The molecule has 0 bridgehead atoms. The summed E-state index contributed by atoms with van der Waals surface area (Å²) >= 11 is 1.02. The van der Waals surface area contributed by atoms with Crippen molar-refractivity contribution in [2.75, 3.05) is 23.3 Å². The molecule has 1 aromatic rings. The molecule has 98 valence electrons. The molecule has 0 saturated carbocycles. The van der Waals surface area contributed by atoms with Crippen LogP contribution in [0.3, 0.4) is 0 Å². The van der Waals surface area contributed by atoms with E-state index in [1.807, 2.05) is 0 Å². The van der Waals surface area contributed by atoms with Crippen LogP contribution < -0.4 is 11.1 Å². The van der Waals surface area contributed by atoms with Gasteiger partial charge in [-0.05, 0) is 24.9 Å². The number of nitrogens with two attached hydrogens (primary N) is 1. The average Bonchev–Trinajstić information content (AvgIpc) is 2.60. The molecule has 6 nitrogen and oxygen atoms in total. The standard InChI is InChI=1S/C9H17N3O3S2/c1-3-17(14,15)7-8(10)12-16-9(7)11-5-4-6(2)13/h6,11,13H,3-5H2,1-2H3,(H2,10,12). The maximum Gasteiger partial charge on any atom is 0.184 e. The van der Waals surface area contributed by atoms with Crippen molar-refractivity contribution < 1.29 is 13.5 Å². The summed E-state index contributed by atoms with van der Waals surface area (Å²) in [7, 11) is -3.37. The quantitative estimate of drug-likeness (QED) is 0.708. The molecule has 0 saturated heterocycles. The number of hydrogen-bond acceptors (Lipinski definition) is 7. The average molecular weight is 279 g/mol. The number of sulfone groups is 1. The fourth-order valence-electron chi connectivity index (χ4n) is 1.25. The van der Waals surface area contributed by atoms with Crippen molar-refractivity contribution in [3.8, 4) is 0 Å². The topological polar surface area (TPSA) is 105 Å². The van der Waals surface area contributed by atoms with E-state index in [2.05, 4.69) is 9.69 Å². The number of hydrogen-bond donors (Lipinski definition) is 3. The van der Waals surface area contributed by atoms with Crippen molar-refractivity contribution in [3.63, 3.8) is 0 Å². The highest BCUT2D eigenvalue weighted by Gasteiger charge is 2.23. The third-order valence-corrected chi connectivity index (χ3v) is 4.96. The molecule has 1 atom stereocenters. The van der Waals surface area contributed by atoms with Crippen LogP contribution in [0.5, 0.6) is 0 Å². The minimum absolute atomic E-state index is 0.0132. The van der Waals surface area contributed by atoms with Gasteiger partial charge in [0, 0.05) is 6.54 Å².